The van der Waals surface area contributed by atoms with Gasteiger partial charge in [-0.1, -0.05) is 52.8 Å². The van der Waals surface area contributed by atoms with Gasteiger partial charge in [0.2, 0.25) is 0 Å². The highest BCUT2D eigenvalue weighted by molar-refractivity contribution is 14.1. The fourth-order valence-corrected chi connectivity index (χ4v) is 1.66. The molecule has 0 aliphatic rings. The fraction of sp³-hybridized carbons (Fsp3) is 0.500. The lowest BCUT2D eigenvalue weighted by atomic mass is 9.97. The summed E-state index contributed by atoms with van der Waals surface area (Å²) in [4.78, 5) is 10.9. The minimum Gasteiger partial charge on any atom is -0.466 e. The van der Waals surface area contributed by atoms with Crippen molar-refractivity contribution in [1.82, 2.24) is 0 Å². The Morgan fingerprint density at radius 2 is 2.00 bits per heavy atom. The van der Waals surface area contributed by atoms with Crippen LogP contribution in [0.4, 0.5) is 0 Å². The zero-order chi connectivity index (χ0) is 14.1. The van der Waals surface area contributed by atoms with Crippen LogP contribution in [0.1, 0.15) is 27.2 Å². The Morgan fingerprint density at radius 3 is 2.50 bits per heavy atom. The van der Waals surface area contributed by atoms with E-state index in [2.05, 4.69) is 27.3 Å². The largest absolute Gasteiger partial charge is 0.466 e. The molecule has 0 rings (SSSR count). The molecular formula is C14H21IO3. The van der Waals surface area contributed by atoms with Crippen LogP contribution in [0.3, 0.4) is 0 Å². The van der Waals surface area contributed by atoms with Crippen LogP contribution in [0.15, 0.2) is 33.5 Å². The number of methoxy groups -OCH3 is 1. The van der Waals surface area contributed by atoms with Crippen molar-refractivity contribution in [1.29, 1.82) is 0 Å². The van der Waals surface area contributed by atoms with Crippen LogP contribution in [-0.2, 0) is 9.53 Å². The summed E-state index contributed by atoms with van der Waals surface area (Å²) < 4.78 is 6.48. The van der Waals surface area contributed by atoms with E-state index in [1.54, 1.807) is 6.08 Å². The first-order valence-corrected chi connectivity index (χ1v) is 7.03. The average Bonchev–Trinajstić information content (AvgIpc) is 2.35. The Balaban J connectivity index is 4.47. The van der Waals surface area contributed by atoms with Crippen molar-refractivity contribution in [3.05, 3.63) is 33.5 Å². The highest BCUT2D eigenvalue weighted by atomic mass is 127. The van der Waals surface area contributed by atoms with E-state index < -0.39 is 6.10 Å². The maximum atomic E-state index is 10.9. The molecule has 3 nitrogen and oxygen atoms in total. The normalized spacial score (nSPS) is 16.8. The maximum Gasteiger partial charge on any atom is 0.330 e. The smallest absolute Gasteiger partial charge is 0.330 e. The number of carbonyl (C=O) groups is 1. The van der Waals surface area contributed by atoms with Crippen LogP contribution in [0.2, 0.25) is 0 Å². The van der Waals surface area contributed by atoms with E-state index in [1.807, 2.05) is 30.9 Å². The van der Waals surface area contributed by atoms with Crippen LogP contribution >= 0.6 is 22.6 Å². The fourth-order valence-electron chi connectivity index (χ4n) is 1.41. The van der Waals surface area contributed by atoms with Gasteiger partial charge in [-0.3, -0.25) is 0 Å². The summed E-state index contributed by atoms with van der Waals surface area (Å²) in [7, 11) is 1.34. The van der Waals surface area contributed by atoms with E-state index in [-0.39, 0.29) is 11.9 Å². The molecule has 0 saturated carbocycles. The van der Waals surface area contributed by atoms with Gasteiger partial charge in [0.05, 0.1) is 13.2 Å². The third-order valence-corrected chi connectivity index (χ3v) is 3.60. The average molecular weight is 364 g/mol. The summed E-state index contributed by atoms with van der Waals surface area (Å²) in [6.45, 7) is 5.85. The first-order valence-electron chi connectivity index (χ1n) is 5.79. The Bertz CT molecular complexity index is 356. The van der Waals surface area contributed by atoms with Gasteiger partial charge in [-0.25, -0.2) is 4.79 Å². The minimum atomic E-state index is -0.405. The monoisotopic (exact) mass is 364 g/mol. The predicted molar refractivity (Wildman–Crippen MR) is 82.5 cm³/mol. The topological polar surface area (TPSA) is 46.5 Å². The maximum absolute atomic E-state index is 10.9. The lowest BCUT2D eigenvalue weighted by Crippen LogP contribution is -2.16. The number of hydrogen-bond donors (Lipinski definition) is 1. The number of hydrogen-bond acceptors (Lipinski definition) is 3. The second-order valence-electron chi connectivity index (χ2n) is 4.35. The van der Waals surface area contributed by atoms with E-state index in [0.29, 0.717) is 6.42 Å². The van der Waals surface area contributed by atoms with Crippen LogP contribution in [0.5, 0.6) is 0 Å². The van der Waals surface area contributed by atoms with Crippen molar-refractivity contribution >= 4 is 28.6 Å². The van der Waals surface area contributed by atoms with Crippen LogP contribution < -0.4 is 0 Å². The van der Waals surface area contributed by atoms with E-state index >= 15 is 0 Å². The molecule has 0 heterocycles. The van der Waals surface area contributed by atoms with Crippen molar-refractivity contribution < 1.29 is 14.6 Å². The number of aliphatic hydroxyl groups is 1. The van der Waals surface area contributed by atoms with E-state index in [0.717, 1.165) is 11.1 Å². The van der Waals surface area contributed by atoms with Gasteiger partial charge in [0, 0.05) is 12.0 Å². The van der Waals surface area contributed by atoms with Crippen molar-refractivity contribution in [2.24, 2.45) is 5.92 Å². The van der Waals surface area contributed by atoms with Crippen molar-refractivity contribution in [3.8, 4) is 0 Å². The SMILES string of the molecule is COC(=O)/C=C/C(C)=C/[C@@H](C)[C@H](O)C/C(C)=C/I. The van der Waals surface area contributed by atoms with Gasteiger partial charge in [-0.15, -0.1) is 0 Å². The van der Waals surface area contributed by atoms with Gasteiger partial charge < -0.3 is 9.84 Å². The first-order chi connectivity index (χ1) is 8.40. The summed E-state index contributed by atoms with van der Waals surface area (Å²) in [5, 5.41) is 9.99. The van der Waals surface area contributed by atoms with Crippen LogP contribution in [0, 0.1) is 5.92 Å². The van der Waals surface area contributed by atoms with Crippen molar-refractivity contribution in [2.75, 3.05) is 7.11 Å². The van der Waals surface area contributed by atoms with Crippen LogP contribution in [0.25, 0.3) is 0 Å². The highest BCUT2D eigenvalue weighted by Crippen LogP contribution is 2.16. The zero-order valence-corrected chi connectivity index (χ0v) is 13.5. The Morgan fingerprint density at radius 1 is 1.39 bits per heavy atom. The second-order valence-corrected chi connectivity index (χ2v) is 4.98. The second kappa shape index (κ2) is 9.33. The molecule has 0 amide bonds. The van der Waals surface area contributed by atoms with Crippen molar-refractivity contribution in [3.63, 3.8) is 0 Å². The van der Waals surface area contributed by atoms with Gasteiger partial charge in [-0.2, -0.15) is 0 Å². The standard InChI is InChI=1S/C14H21IO3/c1-10(5-6-14(17)18-4)7-12(3)13(16)8-11(2)9-15/h5-7,9,12-13,16H,8H2,1-4H3/b6-5+,10-7+,11-9+/t12-,13-/m1/s1. The third-order valence-electron chi connectivity index (χ3n) is 2.53. The molecule has 2 atom stereocenters. The molecule has 18 heavy (non-hydrogen) atoms. The van der Waals surface area contributed by atoms with Gasteiger partial charge in [0.15, 0.2) is 0 Å². The number of carbonyl (C=O) groups excluding carboxylic acids is 1. The molecular weight excluding hydrogens is 343 g/mol. The molecule has 0 radical (unpaired) electrons. The predicted octanol–water partition coefficient (Wildman–Crippen LogP) is 3.39. The quantitative estimate of drug-likeness (QED) is 0.340. The molecule has 0 aliphatic carbocycles. The lowest BCUT2D eigenvalue weighted by Gasteiger charge is -2.16. The molecule has 0 fully saturated rings. The number of esters is 1. The summed E-state index contributed by atoms with van der Waals surface area (Å²) in [5.41, 5.74) is 2.09. The van der Waals surface area contributed by atoms with E-state index in [9.17, 15) is 9.90 Å². The summed E-state index contributed by atoms with van der Waals surface area (Å²) in [5.74, 6) is -0.335. The molecule has 0 bridgehead atoms. The van der Waals surface area contributed by atoms with E-state index in [1.165, 1.54) is 13.2 Å². The molecule has 0 saturated heterocycles. The lowest BCUT2D eigenvalue weighted by molar-refractivity contribution is -0.134. The molecule has 102 valence electrons. The molecule has 0 unspecified atom stereocenters. The van der Waals surface area contributed by atoms with Gasteiger partial charge in [0.25, 0.3) is 0 Å². The molecule has 0 aliphatic heterocycles. The van der Waals surface area contributed by atoms with Gasteiger partial charge in [0.1, 0.15) is 0 Å². The summed E-state index contributed by atoms with van der Waals surface area (Å²) >= 11 is 2.17. The zero-order valence-electron chi connectivity index (χ0n) is 11.3. The number of ether oxygens (including phenoxy) is 1. The summed E-state index contributed by atoms with van der Waals surface area (Å²) in [6.07, 6.45) is 5.27. The number of halogens is 1. The Kier molecular flexibility index (Phi) is 9.01. The van der Waals surface area contributed by atoms with Crippen molar-refractivity contribution in [2.45, 2.75) is 33.3 Å². The van der Waals surface area contributed by atoms with E-state index in [4.69, 9.17) is 0 Å². The molecule has 0 spiro atoms. The van der Waals surface area contributed by atoms with Crippen LogP contribution in [-0.4, -0.2) is 24.3 Å². The molecule has 0 aromatic heterocycles. The molecule has 1 N–H and O–H groups in total. The third kappa shape index (κ3) is 7.66. The summed E-state index contributed by atoms with van der Waals surface area (Å²) in [6, 6.07) is 0. The van der Waals surface area contributed by atoms with Gasteiger partial charge >= 0.3 is 5.97 Å². The number of allylic oxidation sites excluding steroid dienone is 2. The number of aliphatic hydroxyl groups excluding tert-OH is 1. The Labute approximate surface area is 123 Å². The first kappa shape index (κ1) is 17.4. The molecule has 0 aromatic rings. The highest BCUT2D eigenvalue weighted by Gasteiger charge is 2.12. The molecule has 0 aromatic carbocycles. The van der Waals surface area contributed by atoms with Gasteiger partial charge in [-0.05, 0) is 24.4 Å². The Hall–Kier alpha value is -0.620. The number of rotatable bonds is 6. The minimum absolute atomic E-state index is 0.0404. The molecule has 4 heteroatoms.